The molecule has 2 rings (SSSR count). The number of carbonyl (C=O) groups excluding carboxylic acids is 1. The van der Waals surface area contributed by atoms with Crippen molar-refractivity contribution < 1.29 is 31.1 Å². The van der Waals surface area contributed by atoms with Crippen LogP contribution in [0.1, 0.15) is 15.9 Å². The number of hydrogen-bond donors (Lipinski definition) is 1. The number of sulfonamides is 1. The molecule has 1 aromatic carbocycles. The van der Waals surface area contributed by atoms with Crippen LogP contribution in [0.25, 0.3) is 0 Å². The maximum atomic E-state index is 10.8. The first-order chi connectivity index (χ1) is 8.02. The molecule has 0 fully saturated rings. The summed E-state index contributed by atoms with van der Waals surface area (Å²) in [6.45, 7) is 1.95. The number of halogens is 3. The average Bonchev–Trinajstić information content (AvgIpc) is 2.18. The van der Waals surface area contributed by atoms with E-state index in [4.69, 9.17) is 4.74 Å². The van der Waals surface area contributed by atoms with Gasteiger partial charge in [-0.25, -0.2) is 18.4 Å². The van der Waals surface area contributed by atoms with Gasteiger partial charge in [-0.2, -0.15) is 13.2 Å². The van der Waals surface area contributed by atoms with Gasteiger partial charge in [0.05, 0.1) is 0 Å². The molecule has 9 heteroatoms. The zero-order valence-electron chi connectivity index (χ0n) is 8.98. The normalized spacial score (nSPS) is 13.7. The van der Waals surface area contributed by atoms with Crippen LogP contribution < -0.4 is 9.88 Å². The van der Waals surface area contributed by atoms with Crippen molar-refractivity contribution in [2.75, 3.05) is 0 Å². The van der Waals surface area contributed by atoms with Crippen molar-refractivity contribution in [3.63, 3.8) is 0 Å². The summed E-state index contributed by atoms with van der Waals surface area (Å²) in [5, 5.41) is 3.66. The highest BCUT2D eigenvalue weighted by atomic mass is 32.2. The highest BCUT2D eigenvalue weighted by molar-refractivity contribution is 7.90. The summed E-state index contributed by atoms with van der Waals surface area (Å²) in [6.07, 6.45) is 0. The number of aryl methyl sites for hydroxylation is 1. The Morgan fingerprint density at radius 2 is 1.78 bits per heavy atom. The van der Waals surface area contributed by atoms with E-state index in [1.807, 2.05) is 25.1 Å². The van der Waals surface area contributed by atoms with Gasteiger partial charge in [0.25, 0.3) is 0 Å². The molecule has 5 nitrogen and oxygen atoms in total. The Morgan fingerprint density at radius 1 is 1.28 bits per heavy atom. The van der Waals surface area contributed by atoms with Crippen LogP contribution in [0.2, 0.25) is 0 Å². The second kappa shape index (κ2) is 4.58. The van der Waals surface area contributed by atoms with Crippen LogP contribution in [0.5, 0.6) is 5.75 Å². The summed E-state index contributed by atoms with van der Waals surface area (Å²) in [4.78, 5) is 10.7. The van der Waals surface area contributed by atoms with E-state index in [0.717, 1.165) is 5.56 Å². The molecule has 0 aliphatic carbocycles. The lowest BCUT2D eigenvalue weighted by atomic mass is 10.1. The minimum atomic E-state index is -5.34. The van der Waals surface area contributed by atoms with Crippen LogP contribution in [0.15, 0.2) is 18.2 Å². The molecule has 0 saturated carbocycles. The summed E-state index contributed by atoms with van der Waals surface area (Å²) >= 11 is 0. The Kier molecular flexibility index (Phi) is 3.67. The number of nitrogens with two attached hydrogens (primary N) is 1. The summed E-state index contributed by atoms with van der Waals surface area (Å²) in [5.74, 6) is 0.495. The zero-order chi connectivity index (χ0) is 14.1. The smallest absolute Gasteiger partial charge is 0.422 e. The van der Waals surface area contributed by atoms with Gasteiger partial charge in [0, 0.05) is 0 Å². The fourth-order valence-electron chi connectivity index (χ4n) is 1.00. The maximum Gasteiger partial charge on any atom is 0.511 e. The molecule has 0 atom stereocenters. The van der Waals surface area contributed by atoms with Crippen LogP contribution in [0, 0.1) is 6.92 Å². The standard InChI is InChI=1S/C8H6O2.CH2F3NO2S/c1-5-2-3-7-6(4-5)8(9)10-7;2-1(3,4)8(5,6)7/h2-4H,1H3;(H2,5,6,7). The second-order valence-electron chi connectivity index (χ2n) is 3.38. The van der Waals surface area contributed by atoms with E-state index in [0.29, 0.717) is 11.3 Å². The SMILES string of the molecule is Cc1ccc2c(c1)C(=O)O2.NS(=O)(=O)C(F)(F)F. The molecule has 1 aliphatic rings. The molecule has 18 heavy (non-hydrogen) atoms. The van der Waals surface area contributed by atoms with Crippen molar-refractivity contribution in [1.82, 2.24) is 0 Å². The van der Waals surface area contributed by atoms with Gasteiger partial charge in [-0.3, -0.25) is 0 Å². The largest absolute Gasteiger partial charge is 0.511 e. The van der Waals surface area contributed by atoms with Crippen LogP contribution in [0.4, 0.5) is 13.2 Å². The summed E-state index contributed by atoms with van der Waals surface area (Å²) < 4.78 is 55.9. The Balaban J connectivity index is 0.000000187. The molecule has 0 aromatic heterocycles. The average molecular weight is 283 g/mol. The molecule has 0 saturated heterocycles. The lowest BCUT2D eigenvalue weighted by Crippen LogP contribution is -2.30. The Bertz CT molecular complexity index is 580. The first-order valence-electron chi connectivity index (χ1n) is 4.44. The van der Waals surface area contributed by atoms with Gasteiger partial charge in [0.15, 0.2) is 0 Å². The van der Waals surface area contributed by atoms with E-state index >= 15 is 0 Å². The first-order valence-corrected chi connectivity index (χ1v) is 5.99. The maximum absolute atomic E-state index is 10.8. The van der Waals surface area contributed by atoms with Crippen molar-refractivity contribution in [2.24, 2.45) is 5.14 Å². The molecular formula is C9H8F3NO4S. The lowest BCUT2D eigenvalue weighted by molar-refractivity contribution is -0.0436. The minimum Gasteiger partial charge on any atom is -0.422 e. The molecule has 1 aromatic rings. The van der Waals surface area contributed by atoms with E-state index < -0.39 is 15.5 Å². The number of primary sulfonamides is 1. The van der Waals surface area contributed by atoms with Crippen LogP contribution in [-0.4, -0.2) is 19.9 Å². The third-order valence-electron chi connectivity index (χ3n) is 1.88. The Labute approximate surface area is 100 Å². The van der Waals surface area contributed by atoms with Crippen molar-refractivity contribution in [3.8, 4) is 5.75 Å². The minimum absolute atomic E-state index is 0.210. The second-order valence-corrected chi connectivity index (χ2v) is 4.93. The number of fused-ring (bicyclic) bond motifs is 1. The van der Waals surface area contributed by atoms with Crippen LogP contribution >= 0.6 is 0 Å². The fourth-order valence-corrected chi connectivity index (χ4v) is 1.00. The van der Waals surface area contributed by atoms with Crippen molar-refractivity contribution in [2.45, 2.75) is 12.4 Å². The zero-order valence-corrected chi connectivity index (χ0v) is 9.80. The van der Waals surface area contributed by atoms with Gasteiger partial charge in [-0.1, -0.05) is 6.07 Å². The number of ether oxygens (including phenoxy) is 1. The van der Waals surface area contributed by atoms with Crippen LogP contribution in [-0.2, 0) is 10.0 Å². The molecule has 0 unspecified atom stereocenters. The number of alkyl halides is 3. The Hall–Kier alpha value is -1.61. The van der Waals surface area contributed by atoms with Crippen molar-refractivity contribution in [3.05, 3.63) is 29.3 Å². The number of hydrogen-bond acceptors (Lipinski definition) is 4. The third kappa shape index (κ3) is 3.20. The molecule has 2 N–H and O–H groups in total. The highest BCUT2D eigenvalue weighted by Crippen LogP contribution is 2.28. The quantitative estimate of drug-likeness (QED) is 0.727. The summed E-state index contributed by atoms with van der Waals surface area (Å²) in [6, 6.07) is 5.57. The summed E-state index contributed by atoms with van der Waals surface area (Å²) in [5.41, 5.74) is -3.51. The number of esters is 1. The van der Waals surface area contributed by atoms with Gasteiger partial charge in [0.2, 0.25) is 0 Å². The molecule has 0 bridgehead atoms. The number of benzene rings is 1. The van der Waals surface area contributed by atoms with Gasteiger partial charge in [-0.05, 0) is 24.6 Å². The van der Waals surface area contributed by atoms with Gasteiger partial charge >= 0.3 is 21.5 Å². The molecule has 1 aliphatic heterocycles. The van der Waals surface area contributed by atoms with Gasteiger partial charge in [-0.15, -0.1) is 0 Å². The summed E-state index contributed by atoms with van der Waals surface area (Å²) in [7, 11) is -5.34. The topological polar surface area (TPSA) is 86.5 Å². The predicted octanol–water partition coefficient (Wildman–Crippen LogP) is 1.32. The number of carbonyl (C=O) groups is 1. The van der Waals surface area contributed by atoms with Crippen LogP contribution in [0.3, 0.4) is 0 Å². The molecule has 0 amide bonds. The predicted molar refractivity (Wildman–Crippen MR) is 55.3 cm³/mol. The van der Waals surface area contributed by atoms with E-state index in [-0.39, 0.29) is 5.97 Å². The molecule has 1 heterocycles. The molecular weight excluding hydrogens is 275 g/mol. The molecule has 0 spiro atoms. The Morgan fingerprint density at radius 3 is 2.11 bits per heavy atom. The third-order valence-corrected chi connectivity index (χ3v) is 2.53. The van der Waals surface area contributed by atoms with Crippen molar-refractivity contribution >= 4 is 16.0 Å². The molecule has 100 valence electrons. The first kappa shape index (κ1) is 14.5. The van der Waals surface area contributed by atoms with E-state index in [2.05, 4.69) is 5.14 Å². The monoisotopic (exact) mass is 283 g/mol. The van der Waals surface area contributed by atoms with Gasteiger partial charge in [0.1, 0.15) is 11.3 Å². The fraction of sp³-hybridized carbons (Fsp3) is 0.222. The van der Waals surface area contributed by atoms with E-state index in [9.17, 15) is 26.4 Å². The molecule has 0 radical (unpaired) electrons. The number of rotatable bonds is 0. The van der Waals surface area contributed by atoms with E-state index in [1.54, 1.807) is 0 Å². The lowest BCUT2D eigenvalue weighted by Gasteiger charge is -2.16. The van der Waals surface area contributed by atoms with E-state index in [1.165, 1.54) is 0 Å². The van der Waals surface area contributed by atoms with Gasteiger partial charge < -0.3 is 4.74 Å². The highest BCUT2D eigenvalue weighted by Gasteiger charge is 2.42. The van der Waals surface area contributed by atoms with Crippen molar-refractivity contribution in [1.29, 1.82) is 0 Å².